The van der Waals surface area contributed by atoms with Crippen molar-refractivity contribution in [2.75, 3.05) is 25.1 Å². The monoisotopic (exact) mass is 400 g/mol. The van der Waals surface area contributed by atoms with Crippen molar-refractivity contribution in [3.05, 3.63) is 48.0 Å². The van der Waals surface area contributed by atoms with E-state index in [0.29, 0.717) is 31.3 Å². The Balaban J connectivity index is 1.82. The Morgan fingerprint density at radius 2 is 1.82 bits per heavy atom. The molecule has 146 valence electrons. The summed E-state index contributed by atoms with van der Waals surface area (Å²) in [5.41, 5.74) is 1.68. The average Bonchev–Trinajstić information content (AvgIpc) is 3.13. The standard InChI is InChI=1S/C20H20N2O5S/c1-3-21-19-20(22-18(27-19)15-7-5-4-6-13(15)2)28(23,24)14-8-9-16-17(12-14)26-11-10-25-16/h4-9,12,21H,3,10-11H2,1-2H3. The molecule has 0 fully saturated rings. The maximum Gasteiger partial charge on any atom is 0.233 e. The zero-order valence-electron chi connectivity index (χ0n) is 15.6. The topological polar surface area (TPSA) is 90.7 Å². The molecule has 0 unspecified atom stereocenters. The van der Waals surface area contributed by atoms with Gasteiger partial charge in [-0.2, -0.15) is 4.98 Å². The van der Waals surface area contributed by atoms with Gasteiger partial charge in [-0.3, -0.25) is 0 Å². The minimum Gasteiger partial charge on any atom is -0.486 e. The lowest BCUT2D eigenvalue weighted by Crippen LogP contribution is -2.16. The van der Waals surface area contributed by atoms with Crippen LogP contribution in [0.2, 0.25) is 0 Å². The maximum atomic E-state index is 13.3. The molecule has 2 aromatic carbocycles. The smallest absolute Gasteiger partial charge is 0.233 e. The Kier molecular flexibility index (Phi) is 4.72. The van der Waals surface area contributed by atoms with E-state index >= 15 is 0 Å². The maximum absolute atomic E-state index is 13.3. The SMILES string of the molecule is CCNc1oc(-c2ccccc2C)nc1S(=O)(=O)c1ccc2c(c1)OCCO2. The van der Waals surface area contributed by atoms with Gasteiger partial charge in [-0.1, -0.05) is 18.2 Å². The van der Waals surface area contributed by atoms with Crippen LogP contribution in [0.1, 0.15) is 12.5 Å². The van der Waals surface area contributed by atoms with Crippen LogP contribution >= 0.6 is 0 Å². The third-order valence-corrected chi connectivity index (χ3v) is 6.05. The number of ether oxygens (including phenoxy) is 2. The molecule has 7 nitrogen and oxygen atoms in total. The number of rotatable bonds is 5. The fourth-order valence-corrected chi connectivity index (χ4v) is 4.28. The molecule has 0 spiro atoms. The molecule has 0 aliphatic carbocycles. The van der Waals surface area contributed by atoms with Crippen molar-refractivity contribution in [1.82, 2.24) is 4.98 Å². The van der Waals surface area contributed by atoms with Gasteiger partial charge >= 0.3 is 0 Å². The summed E-state index contributed by atoms with van der Waals surface area (Å²) in [6.45, 7) is 5.08. The predicted octanol–water partition coefficient (Wildman–Crippen LogP) is 3.69. The van der Waals surface area contributed by atoms with Gasteiger partial charge in [0.25, 0.3) is 0 Å². The third-order valence-electron chi connectivity index (χ3n) is 4.39. The third kappa shape index (κ3) is 3.20. The number of sulfone groups is 1. The Hall–Kier alpha value is -3.00. The molecule has 0 bridgehead atoms. The lowest BCUT2D eigenvalue weighted by Gasteiger charge is -2.18. The number of hydrogen-bond acceptors (Lipinski definition) is 7. The number of anilines is 1. The van der Waals surface area contributed by atoms with E-state index in [1.807, 2.05) is 38.1 Å². The summed E-state index contributed by atoms with van der Waals surface area (Å²) in [6, 6.07) is 12.1. The van der Waals surface area contributed by atoms with Crippen molar-refractivity contribution in [2.45, 2.75) is 23.8 Å². The van der Waals surface area contributed by atoms with Crippen molar-refractivity contribution in [2.24, 2.45) is 0 Å². The van der Waals surface area contributed by atoms with Crippen molar-refractivity contribution < 1.29 is 22.3 Å². The zero-order chi connectivity index (χ0) is 19.7. The Morgan fingerprint density at radius 3 is 2.57 bits per heavy atom. The molecule has 1 aliphatic rings. The van der Waals surface area contributed by atoms with Crippen LogP contribution in [0.25, 0.3) is 11.5 Å². The lowest BCUT2D eigenvalue weighted by atomic mass is 10.1. The minimum atomic E-state index is -3.93. The molecule has 8 heteroatoms. The van der Waals surface area contributed by atoms with Crippen molar-refractivity contribution in [3.8, 4) is 23.0 Å². The number of fused-ring (bicyclic) bond motifs is 1. The van der Waals surface area contributed by atoms with Crippen molar-refractivity contribution in [3.63, 3.8) is 0 Å². The summed E-state index contributed by atoms with van der Waals surface area (Å²) in [4.78, 5) is 4.40. The van der Waals surface area contributed by atoms with E-state index in [2.05, 4.69) is 10.3 Å². The normalized spacial score (nSPS) is 13.4. The number of nitrogens with one attached hydrogen (secondary N) is 1. The second-order valence-electron chi connectivity index (χ2n) is 6.31. The second-order valence-corrected chi connectivity index (χ2v) is 8.17. The number of aromatic nitrogens is 1. The van der Waals surface area contributed by atoms with Crippen molar-refractivity contribution >= 4 is 15.7 Å². The fraction of sp³-hybridized carbons (Fsp3) is 0.250. The number of aryl methyl sites for hydroxylation is 1. The van der Waals surface area contributed by atoms with Crippen LogP contribution in [-0.4, -0.2) is 33.2 Å². The fourth-order valence-electron chi connectivity index (χ4n) is 2.99. The molecule has 28 heavy (non-hydrogen) atoms. The molecular weight excluding hydrogens is 380 g/mol. The number of benzene rings is 2. The first-order valence-corrected chi connectivity index (χ1v) is 10.4. The molecule has 0 radical (unpaired) electrons. The van der Waals surface area contributed by atoms with Crippen molar-refractivity contribution in [1.29, 1.82) is 0 Å². The minimum absolute atomic E-state index is 0.0699. The molecule has 1 aromatic heterocycles. The Labute approximate surface area is 163 Å². The Bertz CT molecular complexity index is 1120. The average molecular weight is 400 g/mol. The van der Waals surface area contributed by atoms with E-state index in [0.717, 1.165) is 11.1 Å². The van der Waals surface area contributed by atoms with E-state index in [4.69, 9.17) is 13.9 Å². The van der Waals surface area contributed by atoms with Gasteiger partial charge in [-0.25, -0.2) is 8.42 Å². The molecule has 0 atom stereocenters. The highest BCUT2D eigenvalue weighted by Gasteiger charge is 2.30. The quantitative estimate of drug-likeness (QED) is 0.698. The van der Waals surface area contributed by atoms with Crippen LogP contribution in [0.5, 0.6) is 11.5 Å². The lowest BCUT2D eigenvalue weighted by molar-refractivity contribution is 0.171. The molecule has 0 saturated heterocycles. The van der Waals surface area contributed by atoms with Gasteiger partial charge < -0.3 is 19.2 Å². The van der Waals surface area contributed by atoms with E-state index in [1.54, 1.807) is 6.07 Å². The van der Waals surface area contributed by atoms with Crippen LogP contribution in [0.4, 0.5) is 5.88 Å². The first-order valence-electron chi connectivity index (χ1n) is 8.96. The molecule has 2 heterocycles. The highest BCUT2D eigenvalue weighted by Crippen LogP contribution is 2.37. The van der Waals surface area contributed by atoms with Gasteiger partial charge in [-0.15, -0.1) is 0 Å². The van der Waals surface area contributed by atoms with Crippen LogP contribution in [0.3, 0.4) is 0 Å². The number of hydrogen-bond donors (Lipinski definition) is 1. The van der Waals surface area contributed by atoms with E-state index in [9.17, 15) is 8.42 Å². The van der Waals surface area contributed by atoms with Gasteiger partial charge in [0.05, 0.1) is 4.90 Å². The largest absolute Gasteiger partial charge is 0.486 e. The summed E-state index contributed by atoms with van der Waals surface area (Å²) < 4.78 is 43.3. The summed E-state index contributed by atoms with van der Waals surface area (Å²) in [7, 11) is -3.93. The van der Waals surface area contributed by atoms with Gasteiger partial charge in [0, 0.05) is 18.2 Å². The molecule has 3 aromatic rings. The summed E-state index contributed by atoms with van der Waals surface area (Å²) >= 11 is 0. The summed E-state index contributed by atoms with van der Waals surface area (Å²) in [6.07, 6.45) is 0. The first-order chi connectivity index (χ1) is 13.5. The highest BCUT2D eigenvalue weighted by molar-refractivity contribution is 7.91. The zero-order valence-corrected chi connectivity index (χ0v) is 16.4. The van der Waals surface area contributed by atoms with E-state index < -0.39 is 9.84 Å². The van der Waals surface area contributed by atoms with Crippen LogP contribution in [-0.2, 0) is 9.84 Å². The molecule has 0 amide bonds. The molecule has 1 N–H and O–H groups in total. The highest BCUT2D eigenvalue weighted by atomic mass is 32.2. The second kappa shape index (κ2) is 7.20. The summed E-state index contributed by atoms with van der Waals surface area (Å²) in [5, 5.41) is 2.81. The molecule has 0 saturated carbocycles. The number of oxazole rings is 1. The summed E-state index contributed by atoms with van der Waals surface area (Å²) in [5.74, 6) is 1.30. The van der Waals surface area contributed by atoms with Gasteiger partial charge in [0.15, 0.2) is 11.5 Å². The van der Waals surface area contributed by atoms with Gasteiger partial charge in [0.1, 0.15) is 13.2 Å². The Morgan fingerprint density at radius 1 is 1.07 bits per heavy atom. The van der Waals surface area contributed by atoms with Gasteiger partial charge in [0.2, 0.25) is 26.6 Å². The molecule has 1 aliphatic heterocycles. The predicted molar refractivity (Wildman–Crippen MR) is 104 cm³/mol. The molecular formula is C20H20N2O5S. The van der Waals surface area contributed by atoms with E-state index in [1.165, 1.54) is 12.1 Å². The van der Waals surface area contributed by atoms with Crippen LogP contribution in [0.15, 0.2) is 56.8 Å². The van der Waals surface area contributed by atoms with Gasteiger partial charge in [-0.05, 0) is 37.6 Å². The first kappa shape index (κ1) is 18.4. The number of nitrogens with zero attached hydrogens (tertiary/aromatic N) is 1. The van der Waals surface area contributed by atoms with Crippen LogP contribution < -0.4 is 14.8 Å². The molecule has 4 rings (SSSR count). The van der Waals surface area contributed by atoms with E-state index in [-0.39, 0.29) is 21.7 Å². The van der Waals surface area contributed by atoms with Crippen LogP contribution in [0, 0.1) is 6.92 Å².